The normalized spacial score (nSPS) is 20.3. The molecule has 1 aromatic heterocycles. The second-order valence-electron chi connectivity index (χ2n) is 4.74. The van der Waals surface area contributed by atoms with Crippen LogP contribution < -0.4 is 0 Å². The number of carbonyl (C=O) groups excluding carboxylic acids is 1. The number of rotatable bonds is 4. The van der Waals surface area contributed by atoms with E-state index in [1.165, 1.54) is 0 Å². The van der Waals surface area contributed by atoms with Gasteiger partial charge in [0.1, 0.15) is 0 Å². The van der Waals surface area contributed by atoms with Crippen molar-refractivity contribution in [3.05, 3.63) is 30.1 Å². The van der Waals surface area contributed by atoms with Gasteiger partial charge in [0.2, 0.25) is 5.91 Å². The molecule has 4 heteroatoms. The number of nitrogens with zero attached hydrogens (tertiary/aromatic N) is 2. The van der Waals surface area contributed by atoms with E-state index in [1.807, 2.05) is 23.1 Å². The molecule has 0 N–H and O–H groups in total. The van der Waals surface area contributed by atoms with Gasteiger partial charge in [0.25, 0.3) is 0 Å². The maximum atomic E-state index is 11.8. The number of pyridine rings is 1. The second kappa shape index (κ2) is 5.54. The highest BCUT2D eigenvalue weighted by Gasteiger charge is 2.31. The maximum Gasteiger partial charge on any atom is 0.233 e. The Hall–Kier alpha value is -1.03. The number of aromatic nitrogens is 1. The van der Waals surface area contributed by atoms with Gasteiger partial charge in [-0.1, -0.05) is 19.9 Å². The van der Waals surface area contributed by atoms with Gasteiger partial charge >= 0.3 is 0 Å². The van der Waals surface area contributed by atoms with Crippen LogP contribution in [-0.4, -0.2) is 26.9 Å². The molecule has 1 unspecified atom stereocenters. The molecule has 1 saturated heterocycles. The van der Waals surface area contributed by atoms with Gasteiger partial charge in [0.05, 0.1) is 23.4 Å². The minimum absolute atomic E-state index is 0.242. The van der Waals surface area contributed by atoms with Gasteiger partial charge in [0, 0.05) is 6.20 Å². The van der Waals surface area contributed by atoms with Crippen molar-refractivity contribution in [3.63, 3.8) is 0 Å². The van der Waals surface area contributed by atoms with Crippen molar-refractivity contribution in [3.8, 4) is 0 Å². The van der Waals surface area contributed by atoms with Crippen LogP contribution in [0.25, 0.3) is 0 Å². The predicted molar refractivity (Wildman–Crippen MR) is 70.5 cm³/mol. The van der Waals surface area contributed by atoms with Gasteiger partial charge in [-0.25, -0.2) is 0 Å². The Morgan fingerprint density at radius 3 is 3.00 bits per heavy atom. The van der Waals surface area contributed by atoms with Gasteiger partial charge in [-0.3, -0.25) is 9.78 Å². The molecule has 1 fully saturated rings. The molecule has 1 aliphatic heterocycles. The first-order valence-electron chi connectivity index (χ1n) is 5.98. The van der Waals surface area contributed by atoms with Crippen molar-refractivity contribution >= 4 is 17.7 Å². The Kier molecular flexibility index (Phi) is 4.05. The summed E-state index contributed by atoms with van der Waals surface area (Å²) in [5.74, 6) is 1.47. The van der Waals surface area contributed by atoms with Gasteiger partial charge in [-0.15, -0.1) is 11.8 Å². The van der Waals surface area contributed by atoms with Gasteiger partial charge in [0.15, 0.2) is 0 Å². The van der Waals surface area contributed by atoms with Crippen molar-refractivity contribution < 1.29 is 4.79 Å². The molecule has 3 nitrogen and oxygen atoms in total. The van der Waals surface area contributed by atoms with Crippen molar-refractivity contribution in [2.24, 2.45) is 5.92 Å². The summed E-state index contributed by atoms with van der Waals surface area (Å²) in [6, 6.07) is 5.84. The van der Waals surface area contributed by atoms with E-state index < -0.39 is 0 Å². The smallest absolute Gasteiger partial charge is 0.233 e. The quantitative estimate of drug-likeness (QED) is 0.823. The lowest BCUT2D eigenvalue weighted by Gasteiger charge is -2.24. The minimum atomic E-state index is 0.242. The lowest BCUT2D eigenvalue weighted by Crippen LogP contribution is -2.33. The van der Waals surface area contributed by atoms with Crippen LogP contribution in [0.15, 0.2) is 24.4 Å². The summed E-state index contributed by atoms with van der Waals surface area (Å²) in [6.45, 7) is 5.04. The summed E-state index contributed by atoms with van der Waals surface area (Å²) in [7, 11) is 0. The Bertz CT molecular complexity index is 380. The van der Waals surface area contributed by atoms with Crippen LogP contribution in [0.1, 0.15) is 26.0 Å². The molecule has 1 atom stereocenters. The van der Waals surface area contributed by atoms with Crippen LogP contribution in [0.2, 0.25) is 0 Å². The maximum absolute atomic E-state index is 11.8. The zero-order valence-electron chi connectivity index (χ0n) is 10.3. The number of thioether (sulfide) groups is 1. The van der Waals surface area contributed by atoms with Crippen molar-refractivity contribution in [1.82, 2.24) is 9.88 Å². The van der Waals surface area contributed by atoms with Crippen molar-refractivity contribution in [1.29, 1.82) is 0 Å². The zero-order valence-corrected chi connectivity index (χ0v) is 11.1. The van der Waals surface area contributed by atoms with Crippen molar-refractivity contribution in [2.45, 2.75) is 32.2 Å². The highest BCUT2D eigenvalue weighted by atomic mass is 32.2. The molecular weight excluding hydrogens is 232 g/mol. The van der Waals surface area contributed by atoms with E-state index in [0.29, 0.717) is 23.6 Å². The Morgan fingerprint density at radius 1 is 1.53 bits per heavy atom. The summed E-state index contributed by atoms with van der Waals surface area (Å²) < 4.78 is 0. The molecule has 0 spiro atoms. The first-order chi connectivity index (χ1) is 8.16. The molecule has 0 radical (unpaired) electrons. The molecular formula is C13H18N2OS. The lowest BCUT2D eigenvalue weighted by atomic mass is 10.1. The fraction of sp³-hybridized carbons (Fsp3) is 0.538. The molecule has 0 aromatic carbocycles. The highest BCUT2D eigenvalue weighted by Crippen LogP contribution is 2.30. The standard InChI is InChI=1S/C13H18N2OS/c1-10(2)7-13-15(12(16)9-17-13)8-11-5-3-4-6-14-11/h3-6,10,13H,7-9H2,1-2H3. The summed E-state index contributed by atoms with van der Waals surface area (Å²) in [4.78, 5) is 18.1. The lowest BCUT2D eigenvalue weighted by molar-refractivity contribution is -0.128. The van der Waals surface area contributed by atoms with E-state index in [4.69, 9.17) is 0 Å². The number of amides is 1. The molecule has 1 aromatic rings. The predicted octanol–water partition coefficient (Wildman–Crippen LogP) is 2.53. The van der Waals surface area contributed by atoms with E-state index in [-0.39, 0.29) is 5.91 Å². The SMILES string of the molecule is CC(C)CC1SCC(=O)N1Cc1ccccn1. The average Bonchev–Trinajstić information content (AvgIpc) is 2.62. The third-order valence-corrected chi connectivity index (χ3v) is 4.04. The molecule has 2 rings (SSSR count). The molecule has 1 aliphatic rings. The fourth-order valence-electron chi connectivity index (χ4n) is 1.96. The third kappa shape index (κ3) is 3.22. The molecule has 2 heterocycles. The molecule has 92 valence electrons. The van der Waals surface area contributed by atoms with E-state index >= 15 is 0 Å². The van der Waals surface area contributed by atoms with Crippen LogP contribution in [0.3, 0.4) is 0 Å². The average molecular weight is 250 g/mol. The molecule has 0 saturated carbocycles. The number of carbonyl (C=O) groups is 1. The van der Waals surface area contributed by atoms with E-state index in [2.05, 4.69) is 18.8 Å². The summed E-state index contributed by atoms with van der Waals surface area (Å²) in [6.07, 6.45) is 2.84. The van der Waals surface area contributed by atoms with Gasteiger partial charge < -0.3 is 4.90 Å². The van der Waals surface area contributed by atoms with Crippen molar-refractivity contribution in [2.75, 3.05) is 5.75 Å². The first kappa shape index (κ1) is 12.4. The van der Waals surface area contributed by atoms with Gasteiger partial charge in [-0.2, -0.15) is 0 Å². The fourth-order valence-corrected chi connectivity index (χ4v) is 3.35. The van der Waals surface area contributed by atoms with Crippen LogP contribution in [0.5, 0.6) is 0 Å². The topological polar surface area (TPSA) is 33.2 Å². The van der Waals surface area contributed by atoms with Crippen LogP contribution in [-0.2, 0) is 11.3 Å². The second-order valence-corrected chi connectivity index (χ2v) is 5.90. The Balaban J connectivity index is 2.04. The summed E-state index contributed by atoms with van der Waals surface area (Å²) in [5.41, 5.74) is 0.970. The largest absolute Gasteiger partial charge is 0.324 e. The van der Waals surface area contributed by atoms with Crippen LogP contribution in [0, 0.1) is 5.92 Å². The summed E-state index contributed by atoms with van der Waals surface area (Å²) >= 11 is 1.75. The molecule has 0 aliphatic carbocycles. The molecule has 0 bridgehead atoms. The van der Waals surface area contributed by atoms with Crippen LogP contribution in [0.4, 0.5) is 0 Å². The number of hydrogen-bond acceptors (Lipinski definition) is 3. The van der Waals surface area contributed by atoms with Crippen LogP contribution >= 0.6 is 11.8 Å². The van der Waals surface area contributed by atoms with E-state index in [0.717, 1.165) is 12.1 Å². The minimum Gasteiger partial charge on any atom is -0.324 e. The van der Waals surface area contributed by atoms with E-state index in [9.17, 15) is 4.79 Å². The monoisotopic (exact) mass is 250 g/mol. The third-order valence-electron chi connectivity index (χ3n) is 2.80. The Morgan fingerprint density at radius 2 is 2.35 bits per heavy atom. The van der Waals surface area contributed by atoms with E-state index in [1.54, 1.807) is 18.0 Å². The highest BCUT2D eigenvalue weighted by molar-refractivity contribution is 8.00. The number of hydrogen-bond donors (Lipinski definition) is 0. The molecule has 1 amide bonds. The Labute approximate surface area is 107 Å². The molecule has 17 heavy (non-hydrogen) atoms. The summed E-state index contributed by atoms with van der Waals surface area (Å²) in [5, 5.41) is 0.324. The first-order valence-corrected chi connectivity index (χ1v) is 7.02. The zero-order chi connectivity index (χ0) is 12.3. The van der Waals surface area contributed by atoms with Gasteiger partial charge in [-0.05, 0) is 24.5 Å².